The van der Waals surface area contributed by atoms with Gasteiger partial charge >= 0.3 is 0 Å². The summed E-state index contributed by atoms with van der Waals surface area (Å²) in [5.74, 6) is 2.11. The van der Waals surface area contributed by atoms with E-state index in [1.807, 2.05) is 21.5 Å². The minimum atomic E-state index is -1.38. The van der Waals surface area contributed by atoms with Gasteiger partial charge in [-0.15, -0.1) is 10.2 Å². The predicted molar refractivity (Wildman–Crippen MR) is 341 cm³/mol. The van der Waals surface area contributed by atoms with E-state index < -0.39 is 32.3 Å². The number of anilines is 2. The Morgan fingerprint density at radius 1 is 0.500 bits per heavy atom. The molecule has 0 amide bonds. The van der Waals surface area contributed by atoms with Gasteiger partial charge in [-0.3, -0.25) is 4.79 Å². The monoisotopic (exact) mass is 1310 g/mol. The molecule has 8 heterocycles. The number of carbonyl (C=O) groups is 1. The van der Waals surface area contributed by atoms with E-state index in [1.54, 1.807) is 24.5 Å². The van der Waals surface area contributed by atoms with Gasteiger partial charge in [-0.2, -0.15) is 20.4 Å². The Morgan fingerprint density at radius 2 is 0.866 bits per heavy atom. The lowest BCUT2D eigenvalue weighted by molar-refractivity contribution is 0.0813. The number of benzene rings is 2. The number of nitrogens with zero attached hydrogens (tertiary/aromatic N) is 14. The first kappa shape index (κ1) is 60.0. The molecular weight excluding hydrogens is 1230 g/mol. The lowest BCUT2D eigenvalue weighted by atomic mass is 10.0. The third-order valence-electron chi connectivity index (χ3n) is 14.9. The number of ketones is 1. The zero-order valence-electron chi connectivity index (χ0n) is 49.6. The summed E-state index contributed by atoms with van der Waals surface area (Å²) in [6, 6.07) is 20.1. The molecule has 0 bridgehead atoms. The first-order chi connectivity index (χ1) is 38.9. The fourth-order valence-corrected chi connectivity index (χ4v) is 13.7. The Kier molecular flexibility index (Phi) is 17.9. The fourth-order valence-electron chi connectivity index (χ4n) is 10.0. The van der Waals surface area contributed by atoms with Crippen molar-refractivity contribution in [3.63, 3.8) is 0 Å². The quantitative estimate of drug-likeness (QED) is 0.0283. The van der Waals surface area contributed by atoms with Gasteiger partial charge in [0, 0.05) is 78.4 Å². The molecule has 2 aromatic carbocycles. The third kappa shape index (κ3) is 14.0. The Morgan fingerprint density at radius 3 is 1.23 bits per heavy atom. The number of hydrogen-bond acceptors (Lipinski definition) is 15. The molecule has 82 heavy (non-hydrogen) atoms. The van der Waals surface area contributed by atoms with Crippen molar-refractivity contribution >= 4 is 103 Å². The average Bonchev–Trinajstić information content (AvgIpc) is 3.38. The molecule has 0 spiro atoms. The predicted octanol–water partition coefficient (Wildman–Crippen LogP) is 12.7. The summed E-state index contributed by atoms with van der Waals surface area (Å²) >= 11 is 7.40. The molecule has 10 rings (SSSR count). The van der Waals surface area contributed by atoms with Gasteiger partial charge in [-0.25, -0.2) is 19.3 Å². The van der Waals surface area contributed by atoms with E-state index in [4.69, 9.17) is 39.1 Å². The molecule has 0 fully saturated rings. The van der Waals surface area contributed by atoms with Crippen LogP contribution in [0.25, 0.3) is 44.8 Å². The van der Waals surface area contributed by atoms with Gasteiger partial charge in [0.1, 0.15) is 38.3 Å². The van der Waals surface area contributed by atoms with E-state index >= 15 is 4.79 Å². The van der Waals surface area contributed by atoms with Gasteiger partial charge in [-0.1, -0.05) is 110 Å². The van der Waals surface area contributed by atoms with Crippen LogP contribution in [-0.2, 0) is 72.0 Å². The summed E-state index contributed by atoms with van der Waals surface area (Å²) in [6.07, 6.45) is 3.13. The maximum Gasteiger partial charge on any atom is 0.200 e. The first-order valence-electron chi connectivity index (χ1n) is 28.4. The van der Waals surface area contributed by atoms with Crippen LogP contribution >= 0.6 is 31.9 Å². The molecule has 19 nitrogen and oxygen atoms in total. The molecule has 0 saturated carbocycles. The van der Waals surface area contributed by atoms with Crippen molar-refractivity contribution in [2.45, 2.75) is 156 Å². The molecule has 25 heteroatoms. The topological polar surface area (TPSA) is 183 Å². The van der Waals surface area contributed by atoms with Crippen LogP contribution in [0.1, 0.15) is 38.7 Å². The molecule has 0 radical (unpaired) electrons. The van der Waals surface area contributed by atoms with Crippen molar-refractivity contribution in [3.05, 3.63) is 104 Å². The highest BCUT2D eigenvalue weighted by Gasteiger charge is 2.36. The highest BCUT2D eigenvalue weighted by molar-refractivity contribution is 9.10. The van der Waals surface area contributed by atoms with E-state index in [1.165, 1.54) is 0 Å². The standard InChI is InChI=1S/C57H78Br2N14O5Si4/c1-79(2,3)25-21-75-35-70-49-33-68(31-45(49)62-56(70)51-41-15-13-39(58)29-47(41)72(66-51)37-77-23-27-81(7,8)9)54-43(17-19-60-64-54)53(74)44-18-20-61-65-55(44)69-32-46-50(34-69)71(36-76-22-26-80(4,5)6)57(63-46)52-42-16-14-40(59)30-48(42)73(67-52)38-78-24-28-82(10,11)12/h13-20,29-30H,21-28,31-38H2,1-12H3. The molecule has 436 valence electrons. The number of halogens is 2. The SMILES string of the molecule is C[Si](C)(C)CCOCn1c(-c2nn(COCC[Si](C)(C)C)c3cc(Br)ccc23)nc2c1CN(c1nnccc1C(=O)c1ccnnc1N1Cc3nc(-c4nn(COCC[Si](C)(C)C)c5cc(Br)ccc45)n(COCC[Si](C)(C)C)c3C1)C2. The third-order valence-corrected chi connectivity index (χ3v) is 22.7. The maximum atomic E-state index is 15.2. The van der Waals surface area contributed by atoms with Crippen molar-refractivity contribution in [1.82, 2.24) is 59.1 Å². The van der Waals surface area contributed by atoms with Gasteiger partial charge in [0.2, 0.25) is 5.78 Å². The molecule has 0 aliphatic carbocycles. The molecule has 6 aromatic heterocycles. The van der Waals surface area contributed by atoms with Gasteiger partial charge in [0.25, 0.3) is 0 Å². The zero-order valence-corrected chi connectivity index (χ0v) is 56.8. The summed E-state index contributed by atoms with van der Waals surface area (Å²) in [5, 5.41) is 30.3. The molecule has 0 unspecified atom stereocenters. The Bertz CT molecular complexity index is 3380. The minimum Gasteiger partial charge on any atom is -0.361 e. The van der Waals surface area contributed by atoms with Gasteiger partial charge < -0.3 is 37.9 Å². The summed E-state index contributed by atoms with van der Waals surface area (Å²) in [4.78, 5) is 30.1. The van der Waals surface area contributed by atoms with Crippen LogP contribution < -0.4 is 9.80 Å². The van der Waals surface area contributed by atoms with Crippen molar-refractivity contribution in [1.29, 1.82) is 0 Å². The van der Waals surface area contributed by atoms with Crippen LogP contribution in [0.2, 0.25) is 103 Å². The largest absolute Gasteiger partial charge is 0.361 e. The number of imidazole rings is 2. The van der Waals surface area contributed by atoms with Crippen molar-refractivity contribution in [3.8, 4) is 23.0 Å². The van der Waals surface area contributed by atoms with Crippen LogP contribution in [0.5, 0.6) is 0 Å². The normalized spacial score (nSPS) is 14.1. The van der Waals surface area contributed by atoms with Gasteiger partial charge in [0.05, 0.1) is 83.5 Å². The smallest absolute Gasteiger partial charge is 0.200 e. The van der Waals surface area contributed by atoms with Crippen molar-refractivity contribution < 1.29 is 23.7 Å². The molecule has 2 aliphatic rings. The highest BCUT2D eigenvalue weighted by Crippen LogP contribution is 2.39. The number of rotatable bonds is 26. The Hall–Kier alpha value is -5.10. The van der Waals surface area contributed by atoms with E-state index in [2.05, 4.69) is 174 Å². The second-order valence-electron chi connectivity index (χ2n) is 26.5. The van der Waals surface area contributed by atoms with Crippen molar-refractivity contribution in [2.24, 2.45) is 0 Å². The molecular formula is C57H78Br2N14O5Si4. The van der Waals surface area contributed by atoms with Crippen LogP contribution in [0, 0.1) is 0 Å². The summed E-state index contributed by atoms with van der Waals surface area (Å²) in [7, 11) is -5.34. The lowest BCUT2D eigenvalue weighted by Crippen LogP contribution is -2.25. The Balaban J connectivity index is 0.933. The molecule has 2 aliphatic heterocycles. The van der Waals surface area contributed by atoms with Crippen LogP contribution in [0.4, 0.5) is 11.6 Å². The molecule has 0 atom stereocenters. The van der Waals surface area contributed by atoms with E-state index in [0.717, 1.165) is 101 Å². The molecule has 8 aromatic rings. The minimum absolute atomic E-state index is 0.245. The van der Waals surface area contributed by atoms with Gasteiger partial charge in [-0.05, 0) is 72.7 Å². The second-order valence-corrected chi connectivity index (χ2v) is 50.8. The molecule has 0 saturated heterocycles. The first-order valence-corrected chi connectivity index (χ1v) is 44.8. The van der Waals surface area contributed by atoms with E-state index in [0.29, 0.717) is 102 Å². The summed E-state index contributed by atoms with van der Waals surface area (Å²) in [6.45, 7) is 33.7. The van der Waals surface area contributed by atoms with Gasteiger partial charge in [0.15, 0.2) is 23.3 Å². The zero-order chi connectivity index (χ0) is 58.3. The number of carbonyl (C=O) groups excluding carboxylic acids is 1. The van der Waals surface area contributed by atoms with Crippen LogP contribution in [0.15, 0.2) is 69.9 Å². The number of fused-ring (bicyclic) bond motifs is 4. The summed E-state index contributed by atoms with van der Waals surface area (Å²) < 4.78 is 35.6. The maximum absolute atomic E-state index is 15.2. The van der Waals surface area contributed by atoms with Crippen LogP contribution in [-0.4, -0.2) is 124 Å². The average molecular weight is 1310 g/mol. The number of hydrogen-bond donors (Lipinski definition) is 0. The summed E-state index contributed by atoms with van der Waals surface area (Å²) in [5.41, 5.74) is 7.86. The van der Waals surface area contributed by atoms with Crippen molar-refractivity contribution in [2.75, 3.05) is 36.2 Å². The van der Waals surface area contributed by atoms with Crippen LogP contribution in [0.3, 0.4) is 0 Å². The highest BCUT2D eigenvalue weighted by atomic mass is 79.9. The lowest BCUT2D eigenvalue weighted by Gasteiger charge is -2.22. The Labute approximate surface area is 501 Å². The second kappa shape index (κ2) is 24.5. The number of aromatic nitrogens is 12. The molecule has 0 N–H and O–H groups in total. The number of ether oxygens (including phenoxy) is 4. The fraction of sp³-hybridized carbons (Fsp3) is 0.491. The van der Waals surface area contributed by atoms with E-state index in [-0.39, 0.29) is 5.78 Å². The van der Waals surface area contributed by atoms with E-state index in [9.17, 15) is 0 Å².